The van der Waals surface area contributed by atoms with Gasteiger partial charge in [0.2, 0.25) is 0 Å². The Balaban J connectivity index is -0.0000000417. The van der Waals surface area contributed by atoms with Crippen molar-refractivity contribution in [3.63, 3.8) is 0 Å². The maximum absolute atomic E-state index is 5.22. The van der Waals surface area contributed by atoms with Crippen LogP contribution in [0.5, 0.6) is 0 Å². The minimum absolute atomic E-state index is 0. The molecule has 0 fully saturated rings. The van der Waals surface area contributed by atoms with Crippen molar-refractivity contribution in [3.05, 3.63) is 0 Å². The molecule has 0 aliphatic carbocycles. The molecular weight excluding hydrogens is 420 g/mol. The van der Waals surface area contributed by atoms with Crippen LogP contribution in [-0.2, 0) is 0 Å². The van der Waals surface area contributed by atoms with Gasteiger partial charge in [0.25, 0.3) is 0 Å². The maximum atomic E-state index is 5.22. The predicted molar refractivity (Wildman–Crippen MR) is 59.8 cm³/mol. The van der Waals surface area contributed by atoms with Crippen LogP contribution >= 0.6 is 50.9 Å². The molecule has 0 amide bonds. The second kappa shape index (κ2) is 22.5. The van der Waals surface area contributed by atoms with E-state index in [2.05, 4.69) is 0 Å². The van der Waals surface area contributed by atoms with Crippen molar-refractivity contribution < 1.29 is 0 Å². The molecule has 59 valence electrons. The van der Waals surface area contributed by atoms with E-state index in [0.29, 0.717) is 0 Å². The van der Waals surface area contributed by atoms with E-state index in [-0.39, 0.29) is 50.9 Å². The fourth-order valence-electron chi connectivity index (χ4n) is 0.269. The van der Waals surface area contributed by atoms with Gasteiger partial charge in [-0.05, 0) is 0 Å². The van der Waals surface area contributed by atoms with Crippen molar-refractivity contribution in [3.8, 4) is 0 Å². The molecule has 0 saturated carbocycles. The summed E-state index contributed by atoms with van der Waals surface area (Å²) in [4.78, 5) is 0. The average molecular weight is 434 g/mol. The molecule has 0 atom stereocenters. The van der Waals surface area contributed by atoms with Crippen LogP contribution in [0.4, 0.5) is 0 Å². The first-order valence-corrected chi connectivity index (χ1v) is 4.28. The van der Waals surface area contributed by atoms with Crippen molar-refractivity contribution >= 4 is 73.5 Å². The van der Waals surface area contributed by atoms with Gasteiger partial charge in [-0.3, -0.25) is 0 Å². The molecule has 1 nitrogen and oxygen atoms in total. The first kappa shape index (κ1) is 22.5. The molecule has 0 rings (SSSR count). The Morgan fingerprint density at radius 3 is 1.56 bits per heavy atom. The monoisotopic (exact) mass is 432 g/mol. The molecule has 0 bridgehead atoms. The summed E-state index contributed by atoms with van der Waals surface area (Å²) in [5.74, 6) is 0. The summed E-state index contributed by atoms with van der Waals surface area (Å²) in [6.45, 7) is 0.869. The van der Waals surface area contributed by atoms with Crippen LogP contribution in [0.3, 0.4) is 0 Å². The molecule has 5 heteroatoms. The molecule has 2 N–H and O–H groups in total. The van der Waals surface area contributed by atoms with E-state index >= 15 is 0 Å². The standard InChI is InChI=1S/C4H10N.3BrH.Sn/c1-2-3-4-5;;;;/h1-5H2;3*1H;. The third kappa shape index (κ3) is 25.4. The molecule has 9 heavy (non-hydrogen) atoms. The second-order valence-corrected chi connectivity index (χ2v) is 2.67. The molecule has 0 aromatic heterocycles. The molecule has 0 saturated heterocycles. The average Bonchev–Trinajstić information content (AvgIpc) is 1.61. The van der Waals surface area contributed by atoms with Gasteiger partial charge in [-0.15, -0.1) is 50.9 Å². The number of halogens is 3. The van der Waals surface area contributed by atoms with E-state index in [4.69, 9.17) is 5.73 Å². The quantitative estimate of drug-likeness (QED) is 0.535. The Kier molecular flexibility index (Phi) is 56.1. The third-order valence-corrected chi connectivity index (χ3v) is 1.64. The molecule has 0 aliphatic rings. The van der Waals surface area contributed by atoms with Gasteiger partial charge in [0.15, 0.2) is 0 Å². The van der Waals surface area contributed by atoms with Crippen molar-refractivity contribution in [2.45, 2.75) is 17.3 Å². The number of hydrogen-bond donors (Lipinski definition) is 1. The van der Waals surface area contributed by atoms with Crippen molar-refractivity contribution in [2.75, 3.05) is 6.54 Å². The zero-order valence-corrected chi connectivity index (χ0v) is 13.1. The van der Waals surface area contributed by atoms with Gasteiger partial charge in [0.05, 0.1) is 0 Å². The third-order valence-electron chi connectivity index (χ3n) is 0.631. The van der Waals surface area contributed by atoms with Crippen LogP contribution in [0, 0.1) is 0 Å². The molecule has 0 unspecified atom stereocenters. The Labute approximate surface area is 102 Å². The SMILES string of the molecule is Br.Br.Br.NCCC[CH2][Sn]. The zero-order chi connectivity index (χ0) is 4.83. The van der Waals surface area contributed by atoms with Gasteiger partial charge in [-0.2, -0.15) is 0 Å². The summed E-state index contributed by atoms with van der Waals surface area (Å²) in [5.41, 5.74) is 5.22. The normalized spacial score (nSPS) is 6.00. The van der Waals surface area contributed by atoms with Gasteiger partial charge in [0, 0.05) is 0 Å². The number of hydrogen-bond acceptors (Lipinski definition) is 1. The van der Waals surface area contributed by atoms with E-state index in [1.165, 1.54) is 17.3 Å². The predicted octanol–water partition coefficient (Wildman–Crippen LogP) is 2.05. The van der Waals surface area contributed by atoms with E-state index in [9.17, 15) is 0 Å². The molecule has 3 radical (unpaired) electrons. The topological polar surface area (TPSA) is 26.0 Å². The molecule has 0 spiro atoms. The first-order chi connectivity index (χ1) is 2.91. The fourth-order valence-corrected chi connectivity index (χ4v) is 0.983. The Bertz CT molecular complexity index is 27.8. The molecule has 0 aromatic rings. The van der Waals surface area contributed by atoms with Crippen LogP contribution < -0.4 is 5.73 Å². The summed E-state index contributed by atoms with van der Waals surface area (Å²) < 4.78 is 1.36. The summed E-state index contributed by atoms with van der Waals surface area (Å²) in [6.07, 6.45) is 2.54. The minimum atomic E-state index is 0. The summed E-state index contributed by atoms with van der Waals surface area (Å²) in [7, 11) is 0. The zero-order valence-electron chi connectivity index (χ0n) is 5.13. The van der Waals surface area contributed by atoms with E-state index in [0.717, 1.165) is 6.54 Å². The Morgan fingerprint density at radius 1 is 1.00 bits per heavy atom. The Morgan fingerprint density at radius 2 is 1.44 bits per heavy atom. The van der Waals surface area contributed by atoms with Gasteiger partial charge >= 0.3 is 52.1 Å². The fraction of sp³-hybridized carbons (Fsp3) is 1.00. The summed E-state index contributed by atoms with van der Waals surface area (Å²) >= 11 is 1.64. The van der Waals surface area contributed by atoms with Crippen molar-refractivity contribution in [1.29, 1.82) is 0 Å². The van der Waals surface area contributed by atoms with E-state index < -0.39 is 0 Å². The van der Waals surface area contributed by atoms with Gasteiger partial charge in [-0.25, -0.2) is 0 Å². The van der Waals surface area contributed by atoms with Gasteiger partial charge in [-0.1, -0.05) is 0 Å². The molecule has 0 heterocycles. The summed E-state index contributed by atoms with van der Waals surface area (Å²) in [5, 5.41) is 0. The van der Waals surface area contributed by atoms with Crippen LogP contribution in [0.1, 0.15) is 12.8 Å². The van der Waals surface area contributed by atoms with E-state index in [1.54, 1.807) is 22.5 Å². The van der Waals surface area contributed by atoms with Crippen LogP contribution in [0.15, 0.2) is 0 Å². The molecule has 0 aliphatic heterocycles. The van der Waals surface area contributed by atoms with Crippen molar-refractivity contribution in [1.82, 2.24) is 0 Å². The number of nitrogens with two attached hydrogens (primary N) is 1. The second-order valence-electron chi connectivity index (χ2n) is 1.25. The van der Waals surface area contributed by atoms with Crippen LogP contribution in [-0.4, -0.2) is 29.1 Å². The molecular formula is C4H13Br3NSn. The first-order valence-electron chi connectivity index (χ1n) is 2.26. The number of unbranched alkanes of at least 4 members (excludes halogenated alkanes) is 1. The van der Waals surface area contributed by atoms with Crippen LogP contribution in [0.2, 0.25) is 4.44 Å². The summed E-state index contributed by atoms with van der Waals surface area (Å²) in [6, 6.07) is 0. The van der Waals surface area contributed by atoms with Gasteiger partial charge in [0.1, 0.15) is 0 Å². The Hall–Kier alpha value is 2.20. The van der Waals surface area contributed by atoms with Crippen LogP contribution in [0.25, 0.3) is 0 Å². The van der Waals surface area contributed by atoms with Gasteiger partial charge < -0.3 is 0 Å². The molecule has 0 aromatic carbocycles. The van der Waals surface area contributed by atoms with E-state index in [1.807, 2.05) is 0 Å². The van der Waals surface area contributed by atoms with Crippen molar-refractivity contribution in [2.24, 2.45) is 5.73 Å². The number of rotatable bonds is 3.